The summed E-state index contributed by atoms with van der Waals surface area (Å²) in [6.07, 6.45) is 4.94. The highest BCUT2D eigenvalue weighted by Crippen LogP contribution is 2.30. The summed E-state index contributed by atoms with van der Waals surface area (Å²) in [6, 6.07) is 9.92. The van der Waals surface area contributed by atoms with Crippen molar-refractivity contribution < 1.29 is 32.6 Å². The molecule has 0 aliphatic carbocycles. The Balaban J connectivity index is 1.50. The molecule has 0 saturated carbocycles. The van der Waals surface area contributed by atoms with Gasteiger partial charge in [0.25, 0.3) is 5.56 Å². The van der Waals surface area contributed by atoms with Gasteiger partial charge in [-0.1, -0.05) is 12.1 Å². The molecule has 2 heterocycles. The number of imidazole rings is 1. The average Bonchev–Trinajstić information content (AvgIpc) is 3.41. The second kappa shape index (κ2) is 14.9. The zero-order valence-electron chi connectivity index (χ0n) is 24.8. The lowest BCUT2D eigenvalue weighted by atomic mass is 10.1. The number of benzene rings is 2. The second-order valence-corrected chi connectivity index (χ2v) is 10.1. The molecule has 1 atom stereocenters. The molecule has 3 amide bonds. The maximum absolute atomic E-state index is 14.2. The van der Waals surface area contributed by atoms with Crippen molar-refractivity contribution in [3.63, 3.8) is 0 Å². The van der Waals surface area contributed by atoms with Crippen LogP contribution in [0.3, 0.4) is 0 Å². The molecule has 14 heteroatoms. The van der Waals surface area contributed by atoms with E-state index < -0.39 is 35.0 Å². The van der Waals surface area contributed by atoms with E-state index in [1.165, 1.54) is 41.0 Å². The van der Waals surface area contributed by atoms with E-state index in [0.717, 1.165) is 6.07 Å². The van der Waals surface area contributed by atoms with E-state index in [9.17, 15) is 28.0 Å². The van der Waals surface area contributed by atoms with Gasteiger partial charge in [-0.05, 0) is 55.3 Å². The SMILES string of the molecule is COCC(=O)N[C@@H](CC/C=C/C(=O)N(C)C)C(=O)Nc1cccn(Cc2nc3c(Oc4ccc(F)cc4F)cccc3[nH]2)c1=O. The summed E-state index contributed by atoms with van der Waals surface area (Å²) in [4.78, 5) is 59.4. The number of carbonyl (C=O) groups is 3. The molecule has 45 heavy (non-hydrogen) atoms. The van der Waals surface area contributed by atoms with E-state index in [1.807, 2.05) is 0 Å². The number of hydrogen-bond donors (Lipinski definition) is 3. The summed E-state index contributed by atoms with van der Waals surface area (Å²) < 4.78 is 39.3. The summed E-state index contributed by atoms with van der Waals surface area (Å²) in [5.74, 6) is -2.56. The minimum Gasteiger partial charge on any atom is -0.452 e. The predicted octanol–water partition coefficient (Wildman–Crippen LogP) is 3.34. The van der Waals surface area contributed by atoms with Crippen LogP contribution < -0.4 is 20.9 Å². The van der Waals surface area contributed by atoms with Crippen molar-refractivity contribution in [2.75, 3.05) is 33.1 Å². The molecule has 0 bridgehead atoms. The number of anilines is 1. The minimum atomic E-state index is -1.01. The van der Waals surface area contributed by atoms with E-state index >= 15 is 0 Å². The van der Waals surface area contributed by atoms with Gasteiger partial charge in [-0.25, -0.2) is 13.8 Å². The van der Waals surface area contributed by atoms with Crippen LogP contribution in [0.2, 0.25) is 0 Å². The second-order valence-electron chi connectivity index (χ2n) is 10.1. The van der Waals surface area contributed by atoms with Gasteiger partial charge in [0, 0.05) is 33.5 Å². The Morgan fingerprint density at radius 3 is 2.64 bits per heavy atom. The number of nitrogens with one attached hydrogen (secondary N) is 3. The molecular weight excluding hydrogens is 590 g/mol. The summed E-state index contributed by atoms with van der Waals surface area (Å²) in [5.41, 5.74) is 0.358. The average molecular weight is 623 g/mol. The first-order valence-corrected chi connectivity index (χ1v) is 13.8. The fourth-order valence-corrected chi connectivity index (χ4v) is 4.26. The zero-order valence-corrected chi connectivity index (χ0v) is 24.8. The van der Waals surface area contributed by atoms with Crippen molar-refractivity contribution in [1.29, 1.82) is 0 Å². The lowest BCUT2D eigenvalue weighted by Gasteiger charge is -2.18. The van der Waals surface area contributed by atoms with E-state index in [4.69, 9.17) is 9.47 Å². The number of halogens is 2. The van der Waals surface area contributed by atoms with E-state index in [2.05, 4.69) is 20.6 Å². The molecule has 0 fully saturated rings. The Kier molecular flexibility index (Phi) is 10.8. The minimum absolute atomic E-state index is 0.0136. The van der Waals surface area contributed by atoms with Crippen LogP contribution in [0.1, 0.15) is 18.7 Å². The Labute approximate surface area is 256 Å². The van der Waals surface area contributed by atoms with Gasteiger partial charge in [-0.3, -0.25) is 19.2 Å². The van der Waals surface area contributed by atoms with Crippen LogP contribution >= 0.6 is 0 Å². The van der Waals surface area contributed by atoms with Crippen LogP contribution in [0.25, 0.3) is 11.0 Å². The molecule has 0 spiro atoms. The number of para-hydroxylation sites is 1. The number of aromatic nitrogens is 3. The zero-order chi connectivity index (χ0) is 32.5. The molecule has 0 aliphatic rings. The fraction of sp³-hybridized carbons (Fsp3) is 0.258. The maximum atomic E-state index is 14.2. The molecular formula is C31H32F2N6O6. The first kappa shape index (κ1) is 32.5. The largest absolute Gasteiger partial charge is 0.452 e. The monoisotopic (exact) mass is 622 g/mol. The normalized spacial score (nSPS) is 11.8. The summed E-state index contributed by atoms with van der Waals surface area (Å²) >= 11 is 0. The number of rotatable bonds is 13. The summed E-state index contributed by atoms with van der Waals surface area (Å²) in [5, 5.41) is 5.17. The highest BCUT2D eigenvalue weighted by molar-refractivity contribution is 5.97. The van der Waals surface area contributed by atoms with Crippen LogP contribution in [0.4, 0.5) is 14.5 Å². The third kappa shape index (κ3) is 8.60. The summed E-state index contributed by atoms with van der Waals surface area (Å²) in [6.45, 7) is -0.278. The molecule has 2 aromatic carbocycles. The van der Waals surface area contributed by atoms with Gasteiger partial charge in [0.1, 0.15) is 35.5 Å². The third-order valence-corrected chi connectivity index (χ3v) is 6.49. The van der Waals surface area contributed by atoms with Gasteiger partial charge in [0.15, 0.2) is 17.3 Å². The molecule has 0 saturated heterocycles. The standard InChI is InChI=1S/C31H32F2N6O6/c1-38(2)28(41)12-5-4-8-22(35-27(40)18-44-3)30(42)36-23-10-7-15-39(31(23)43)17-26-34-21-9-6-11-25(29(21)37-26)45-24-14-13-19(32)16-20(24)33/h5-7,9-16,22H,4,8,17-18H2,1-3H3,(H,34,37)(H,35,40)(H,36,42)/b12-5+/t22-/m0/s1. The number of aromatic amines is 1. The Morgan fingerprint density at radius 2 is 1.91 bits per heavy atom. The number of H-pyrrole nitrogens is 1. The molecule has 0 unspecified atom stereocenters. The van der Waals surface area contributed by atoms with Crippen LogP contribution in [0.5, 0.6) is 11.5 Å². The number of ether oxygens (including phenoxy) is 2. The number of amides is 3. The van der Waals surface area contributed by atoms with Crippen molar-refractivity contribution in [3.05, 3.63) is 94.7 Å². The molecule has 0 radical (unpaired) electrons. The van der Waals surface area contributed by atoms with Crippen molar-refractivity contribution in [3.8, 4) is 11.5 Å². The topological polar surface area (TPSA) is 148 Å². The number of nitrogens with zero attached hydrogens (tertiary/aromatic N) is 3. The van der Waals surface area contributed by atoms with Crippen molar-refractivity contribution in [2.24, 2.45) is 0 Å². The fourth-order valence-electron chi connectivity index (χ4n) is 4.26. The Morgan fingerprint density at radius 1 is 1.11 bits per heavy atom. The van der Waals surface area contributed by atoms with E-state index in [-0.39, 0.29) is 42.7 Å². The molecule has 236 valence electrons. The van der Waals surface area contributed by atoms with Gasteiger partial charge in [0.05, 0.1) is 12.1 Å². The number of fused-ring (bicyclic) bond motifs is 1. The Hall–Kier alpha value is -5.37. The van der Waals surface area contributed by atoms with Crippen molar-refractivity contribution in [2.45, 2.75) is 25.4 Å². The lowest BCUT2D eigenvalue weighted by molar-refractivity contribution is -0.129. The third-order valence-electron chi connectivity index (χ3n) is 6.49. The first-order chi connectivity index (χ1) is 21.5. The van der Waals surface area contributed by atoms with E-state index in [0.29, 0.717) is 29.3 Å². The Bertz CT molecular complexity index is 1780. The number of carbonyl (C=O) groups excluding carboxylic acids is 3. The predicted molar refractivity (Wildman–Crippen MR) is 162 cm³/mol. The molecule has 12 nitrogen and oxygen atoms in total. The number of methoxy groups -OCH3 is 1. The van der Waals surface area contributed by atoms with Gasteiger partial charge >= 0.3 is 0 Å². The number of hydrogen-bond acceptors (Lipinski definition) is 7. The van der Waals surface area contributed by atoms with Gasteiger partial charge in [-0.2, -0.15) is 0 Å². The quantitative estimate of drug-likeness (QED) is 0.194. The highest BCUT2D eigenvalue weighted by atomic mass is 19.1. The van der Waals surface area contributed by atoms with Gasteiger partial charge < -0.3 is 34.6 Å². The molecule has 4 rings (SSSR count). The van der Waals surface area contributed by atoms with Crippen LogP contribution in [-0.2, 0) is 25.7 Å². The highest BCUT2D eigenvalue weighted by Gasteiger charge is 2.22. The number of likely N-dealkylation sites (N-methyl/N-ethyl adjacent to an activating group) is 1. The molecule has 4 aromatic rings. The van der Waals surface area contributed by atoms with Crippen LogP contribution in [-0.4, -0.2) is 71.0 Å². The molecule has 0 aliphatic heterocycles. The number of allylic oxidation sites excluding steroid dienone is 1. The van der Waals surface area contributed by atoms with Crippen molar-refractivity contribution >= 4 is 34.4 Å². The van der Waals surface area contributed by atoms with Crippen molar-refractivity contribution in [1.82, 2.24) is 24.8 Å². The maximum Gasteiger partial charge on any atom is 0.274 e. The smallest absolute Gasteiger partial charge is 0.274 e. The lowest BCUT2D eigenvalue weighted by Crippen LogP contribution is -2.45. The van der Waals surface area contributed by atoms with Gasteiger partial charge in [-0.15, -0.1) is 0 Å². The van der Waals surface area contributed by atoms with Crippen LogP contribution in [0.15, 0.2) is 71.7 Å². The first-order valence-electron chi connectivity index (χ1n) is 13.8. The molecule has 2 aromatic heterocycles. The van der Waals surface area contributed by atoms with Gasteiger partial charge in [0.2, 0.25) is 17.7 Å². The molecule has 3 N–H and O–H groups in total. The number of pyridine rings is 1. The van der Waals surface area contributed by atoms with Crippen LogP contribution in [0, 0.1) is 11.6 Å². The summed E-state index contributed by atoms with van der Waals surface area (Å²) in [7, 11) is 4.57. The van der Waals surface area contributed by atoms with E-state index in [1.54, 1.807) is 44.4 Å².